The molecule has 0 saturated carbocycles. The van der Waals surface area contributed by atoms with Crippen LogP contribution in [0.3, 0.4) is 0 Å². The van der Waals surface area contributed by atoms with Gasteiger partial charge in [0, 0.05) is 30.6 Å². The highest BCUT2D eigenvalue weighted by Gasteiger charge is 2.33. The molecule has 0 bridgehead atoms. The molecule has 0 N–H and O–H groups in total. The summed E-state index contributed by atoms with van der Waals surface area (Å²) in [6, 6.07) is 9.69. The van der Waals surface area contributed by atoms with Gasteiger partial charge >= 0.3 is 0 Å². The van der Waals surface area contributed by atoms with E-state index in [0.29, 0.717) is 18.0 Å². The van der Waals surface area contributed by atoms with Crippen molar-refractivity contribution in [1.29, 1.82) is 0 Å². The third-order valence-corrected chi connectivity index (χ3v) is 5.00. The van der Waals surface area contributed by atoms with Crippen LogP contribution in [0.2, 0.25) is 0 Å². The number of methoxy groups -OCH3 is 1. The van der Waals surface area contributed by atoms with Crippen molar-refractivity contribution in [2.45, 2.75) is 5.37 Å². The van der Waals surface area contributed by atoms with E-state index in [1.165, 1.54) is 19.2 Å². The van der Waals surface area contributed by atoms with E-state index in [1.807, 2.05) is 0 Å². The van der Waals surface area contributed by atoms with E-state index in [1.54, 1.807) is 47.1 Å². The molecule has 24 heavy (non-hydrogen) atoms. The average molecular weight is 345 g/mol. The predicted molar refractivity (Wildman–Crippen MR) is 90.1 cm³/mol. The maximum absolute atomic E-state index is 12.9. The fourth-order valence-electron chi connectivity index (χ4n) is 2.59. The number of non-ortho nitro benzene ring substituents is 1. The second-order valence-corrected chi connectivity index (χ2v) is 6.32. The summed E-state index contributed by atoms with van der Waals surface area (Å²) in [5.74, 6) is 0.936. The molecular formula is C16H15N3O4S. The average Bonchev–Trinajstić information content (AvgIpc) is 3.10. The van der Waals surface area contributed by atoms with E-state index < -0.39 is 4.92 Å². The first-order valence-electron chi connectivity index (χ1n) is 7.27. The van der Waals surface area contributed by atoms with Crippen LogP contribution in [0, 0.1) is 10.1 Å². The van der Waals surface area contributed by atoms with Crippen LogP contribution in [0.15, 0.2) is 42.6 Å². The van der Waals surface area contributed by atoms with E-state index >= 15 is 0 Å². The van der Waals surface area contributed by atoms with Crippen molar-refractivity contribution >= 4 is 23.4 Å². The van der Waals surface area contributed by atoms with Crippen LogP contribution in [0.1, 0.15) is 21.3 Å². The van der Waals surface area contributed by atoms with E-state index in [-0.39, 0.29) is 17.0 Å². The summed E-state index contributed by atoms with van der Waals surface area (Å²) in [4.78, 5) is 29.0. The Balaban J connectivity index is 1.87. The number of nitro groups is 1. The van der Waals surface area contributed by atoms with E-state index in [9.17, 15) is 14.9 Å². The van der Waals surface area contributed by atoms with Gasteiger partial charge in [0.1, 0.15) is 10.9 Å². The molecule has 1 amide bonds. The number of amides is 1. The van der Waals surface area contributed by atoms with Gasteiger partial charge in [0.05, 0.1) is 12.0 Å². The molecule has 1 fully saturated rings. The Morgan fingerprint density at radius 3 is 2.79 bits per heavy atom. The number of thioether (sulfide) groups is 1. The Kier molecular flexibility index (Phi) is 4.66. The topological polar surface area (TPSA) is 85.6 Å². The normalized spacial score (nSPS) is 16.9. The van der Waals surface area contributed by atoms with Gasteiger partial charge in [-0.2, -0.15) is 0 Å². The summed E-state index contributed by atoms with van der Waals surface area (Å²) in [5.41, 5.74) is 1.31. The monoisotopic (exact) mass is 345 g/mol. The maximum atomic E-state index is 12.9. The molecule has 1 atom stereocenters. The van der Waals surface area contributed by atoms with Crippen LogP contribution < -0.4 is 4.74 Å². The first kappa shape index (κ1) is 16.3. The number of rotatable bonds is 4. The number of benzene rings is 1. The van der Waals surface area contributed by atoms with Gasteiger partial charge in [-0.3, -0.25) is 14.9 Å². The molecule has 0 radical (unpaired) electrons. The summed E-state index contributed by atoms with van der Waals surface area (Å²) in [6.07, 6.45) is 1.57. The Labute approximate surface area is 142 Å². The number of hydrogen-bond acceptors (Lipinski definition) is 6. The van der Waals surface area contributed by atoms with Gasteiger partial charge in [0.2, 0.25) is 5.88 Å². The molecule has 0 spiro atoms. The van der Waals surface area contributed by atoms with Crippen LogP contribution in [0.25, 0.3) is 0 Å². The standard InChI is InChI=1S/C16H15N3O4S/c1-23-14-13(3-2-8-17-14)15(20)18-9-10-24-16(18)11-4-6-12(7-5-11)19(21)22/h2-8,16H,9-10H2,1H3. The lowest BCUT2D eigenvalue weighted by Crippen LogP contribution is -2.30. The van der Waals surface area contributed by atoms with E-state index in [2.05, 4.69) is 4.98 Å². The van der Waals surface area contributed by atoms with Gasteiger partial charge in [-0.1, -0.05) is 0 Å². The Morgan fingerprint density at radius 2 is 2.12 bits per heavy atom. The molecule has 0 aliphatic carbocycles. The molecule has 7 nitrogen and oxygen atoms in total. The highest BCUT2D eigenvalue weighted by atomic mass is 32.2. The molecule has 1 aliphatic rings. The quantitative estimate of drug-likeness (QED) is 0.626. The van der Waals surface area contributed by atoms with Crippen molar-refractivity contribution in [3.8, 4) is 5.88 Å². The minimum Gasteiger partial charge on any atom is -0.480 e. The summed E-state index contributed by atoms with van der Waals surface area (Å²) < 4.78 is 5.17. The molecule has 1 aromatic carbocycles. The number of hydrogen-bond donors (Lipinski definition) is 0. The molecule has 2 aromatic rings. The van der Waals surface area contributed by atoms with Gasteiger partial charge in [0.25, 0.3) is 11.6 Å². The fraction of sp³-hybridized carbons (Fsp3) is 0.250. The minimum absolute atomic E-state index is 0.0357. The number of ether oxygens (including phenoxy) is 1. The van der Waals surface area contributed by atoms with Gasteiger partial charge in [-0.05, 0) is 29.8 Å². The van der Waals surface area contributed by atoms with Crippen molar-refractivity contribution < 1.29 is 14.5 Å². The lowest BCUT2D eigenvalue weighted by Gasteiger charge is -2.24. The molecule has 1 aromatic heterocycles. The maximum Gasteiger partial charge on any atom is 0.269 e. The van der Waals surface area contributed by atoms with Crippen LogP contribution in [0.5, 0.6) is 5.88 Å². The summed E-state index contributed by atoms with van der Waals surface area (Å²) >= 11 is 1.63. The second-order valence-electron chi connectivity index (χ2n) is 5.13. The predicted octanol–water partition coefficient (Wildman–Crippen LogP) is 2.89. The Bertz CT molecular complexity index is 766. The lowest BCUT2D eigenvalue weighted by atomic mass is 10.1. The van der Waals surface area contributed by atoms with Crippen molar-refractivity contribution in [2.75, 3.05) is 19.4 Å². The highest BCUT2D eigenvalue weighted by molar-refractivity contribution is 7.99. The fourth-order valence-corrected chi connectivity index (χ4v) is 3.84. The van der Waals surface area contributed by atoms with Gasteiger partial charge in [0.15, 0.2) is 0 Å². The summed E-state index contributed by atoms with van der Waals surface area (Å²) in [5, 5.41) is 10.6. The zero-order valence-corrected chi connectivity index (χ0v) is 13.7. The first-order valence-corrected chi connectivity index (χ1v) is 8.32. The number of pyridine rings is 1. The van der Waals surface area contributed by atoms with E-state index in [4.69, 9.17) is 4.74 Å². The SMILES string of the molecule is COc1ncccc1C(=O)N1CCSC1c1ccc([N+](=O)[O-])cc1. The number of nitrogens with zero attached hydrogens (tertiary/aromatic N) is 3. The van der Waals surface area contributed by atoms with Crippen LogP contribution in [0.4, 0.5) is 5.69 Å². The second kappa shape index (κ2) is 6.88. The first-order chi connectivity index (χ1) is 11.6. The zero-order chi connectivity index (χ0) is 17.1. The van der Waals surface area contributed by atoms with Crippen LogP contribution in [-0.2, 0) is 0 Å². The molecule has 8 heteroatoms. The van der Waals surface area contributed by atoms with Crippen molar-refractivity contribution in [3.05, 3.63) is 63.8 Å². The van der Waals surface area contributed by atoms with Gasteiger partial charge < -0.3 is 9.64 Å². The largest absolute Gasteiger partial charge is 0.480 e. The number of aromatic nitrogens is 1. The van der Waals surface area contributed by atoms with E-state index in [0.717, 1.165) is 11.3 Å². The molecule has 1 unspecified atom stereocenters. The summed E-state index contributed by atoms with van der Waals surface area (Å²) in [7, 11) is 1.48. The third kappa shape index (κ3) is 3.05. The summed E-state index contributed by atoms with van der Waals surface area (Å²) in [6.45, 7) is 0.600. The lowest BCUT2D eigenvalue weighted by molar-refractivity contribution is -0.384. The Morgan fingerprint density at radius 1 is 1.38 bits per heavy atom. The number of nitro benzene ring substituents is 1. The molecule has 3 rings (SSSR count). The molecular weight excluding hydrogens is 330 g/mol. The van der Waals surface area contributed by atoms with Gasteiger partial charge in [-0.25, -0.2) is 4.98 Å². The third-order valence-electron chi connectivity index (χ3n) is 3.74. The molecule has 1 saturated heterocycles. The van der Waals surface area contributed by atoms with Crippen LogP contribution in [-0.4, -0.2) is 40.1 Å². The van der Waals surface area contributed by atoms with Gasteiger partial charge in [-0.15, -0.1) is 11.8 Å². The zero-order valence-electron chi connectivity index (χ0n) is 12.9. The van der Waals surface area contributed by atoms with Crippen molar-refractivity contribution in [2.24, 2.45) is 0 Å². The van der Waals surface area contributed by atoms with Crippen LogP contribution >= 0.6 is 11.8 Å². The highest BCUT2D eigenvalue weighted by Crippen LogP contribution is 2.39. The smallest absolute Gasteiger partial charge is 0.269 e. The molecule has 2 heterocycles. The Hall–Kier alpha value is -2.61. The molecule has 1 aliphatic heterocycles. The van der Waals surface area contributed by atoms with Crippen molar-refractivity contribution in [1.82, 2.24) is 9.88 Å². The minimum atomic E-state index is -0.436. The number of carbonyl (C=O) groups is 1. The number of carbonyl (C=O) groups excluding carboxylic acids is 1. The molecule has 124 valence electrons. The van der Waals surface area contributed by atoms with Crippen molar-refractivity contribution in [3.63, 3.8) is 0 Å².